The summed E-state index contributed by atoms with van der Waals surface area (Å²) < 4.78 is 0. The molecule has 0 bridgehead atoms. The average Bonchev–Trinajstić information content (AvgIpc) is 2.73. The molecule has 2 rings (SSSR count). The monoisotopic (exact) mass is 251 g/mol. The summed E-state index contributed by atoms with van der Waals surface area (Å²) in [4.78, 5) is 27.0. The summed E-state index contributed by atoms with van der Waals surface area (Å²) in [7, 11) is 0. The average molecular weight is 251 g/mol. The van der Waals surface area contributed by atoms with Crippen molar-refractivity contribution in [3.8, 4) is 0 Å². The molecular formula is C11H13N3O4. The number of pyridine rings is 1. The van der Waals surface area contributed by atoms with Crippen molar-refractivity contribution in [2.24, 2.45) is 0 Å². The zero-order valence-corrected chi connectivity index (χ0v) is 9.48. The Morgan fingerprint density at radius 1 is 1.39 bits per heavy atom. The van der Waals surface area contributed by atoms with Crippen LogP contribution < -0.4 is 5.73 Å². The van der Waals surface area contributed by atoms with Gasteiger partial charge in [0.05, 0.1) is 0 Å². The van der Waals surface area contributed by atoms with Crippen molar-refractivity contribution in [3.05, 3.63) is 23.9 Å². The highest BCUT2D eigenvalue weighted by molar-refractivity contribution is 5.80. The molecule has 0 saturated carbocycles. The van der Waals surface area contributed by atoms with Gasteiger partial charge in [-0.05, 0) is 18.6 Å². The fraction of sp³-hybridized carbons (Fsp3) is 0.364. The zero-order chi connectivity index (χ0) is 13.3. The smallest absolute Gasteiger partial charge is 0.408 e. The molecule has 18 heavy (non-hydrogen) atoms. The molecule has 1 aromatic heterocycles. The van der Waals surface area contributed by atoms with Crippen LogP contribution in [0.1, 0.15) is 18.0 Å². The van der Waals surface area contributed by atoms with Crippen molar-refractivity contribution in [1.82, 2.24) is 9.88 Å². The van der Waals surface area contributed by atoms with Gasteiger partial charge in [0.25, 0.3) is 0 Å². The Hall–Kier alpha value is -2.31. The van der Waals surface area contributed by atoms with Crippen molar-refractivity contribution in [3.63, 3.8) is 0 Å². The molecule has 1 aromatic rings. The minimum Gasteiger partial charge on any atom is -0.480 e. The molecule has 96 valence electrons. The van der Waals surface area contributed by atoms with Gasteiger partial charge < -0.3 is 15.9 Å². The van der Waals surface area contributed by atoms with E-state index < -0.39 is 18.1 Å². The van der Waals surface area contributed by atoms with Crippen LogP contribution in [-0.2, 0) is 4.79 Å². The first-order chi connectivity index (χ1) is 8.49. The van der Waals surface area contributed by atoms with E-state index >= 15 is 0 Å². The lowest BCUT2D eigenvalue weighted by atomic mass is 10.0. The predicted octanol–water partition coefficient (Wildman–Crippen LogP) is 0.584. The molecule has 4 N–H and O–H groups in total. The normalized spacial score (nSPS) is 23.0. The Morgan fingerprint density at radius 2 is 2.11 bits per heavy atom. The number of carbonyl (C=O) groups is 2. The molecule has 1 amide bonds. The van der Waals surface area contributed by atoms with E-state index in [-0.39, 0.29) is 18.9 Å². The maximum absolute atomic E-state index is 11.0. The second kappa shape index (κ2) is 4.52. The van der Waals surface area contributed by atoms with Gasteiger partial charge in [0.15, 0.2) is 0 Å². The number of nitrogens with zero attached hydrogens (tertiary/aromatic N) is 2. The maximum atomic E-state index is 11.0. The second-order valence-electron chi connectivity index (χ2n) is 4.21. The third-order valence-corrected chi connectivity index (χ3v) is 3.04. The van der Waals surface area contributed by atoms with Crippen LogP contribution >= 0.6 is 0 Å². The molecule has 1 aliphatic heterocycles. The van der Waals surface area contributed by atoms with Gasteiger partial charge in [0.1, 0.15) is 11.9 Å². The topological polar surface area (TPSA) is 117 Å². The molecule has 2 atom stereocenters. The van der Waals surface area contributed by atoms with Gasteiger partial charge in [0.2, 0.25) is 0 Å². The van der Waals surface area contributed by atoms with Gasteiger partial charge in [-0.1, -0.05) is 6.07 Å². The molecule has 1 aliphatic rings. The fourth-order valence-electron chi connectivity index (χ4n) is 2.19. The van der Waals surface area contributed by atoms with Crippen LogP contribution in [0.15, 0.2) is 18.2 Å². The van der Waals surface area contributed by atoms with Crippen molar-refractivity contribution in [1.29, 1.82) is 0 Å². The Bertz CT molecular complexity index is 469. The minimum atomic E-state index is -1.23. The number of carboxylic acid groups (broad SMARTS) is 2. The first kappa shape index (κ1) is 12.2. The highest BCUT2D eigenvalue weighted by Crippen LogP contribution is 2.31. The first-order valence-electron chi connectivity index (χ1n) is 5.44. The van der Waals surface area contributed by atoms with Crippen LogP contribution in [0.4, 0.5) is 10.6 Å². The summed E-state index contributed by atoms with van der Waals surface area (Å²) >= 11 is 0. The predicted molar refractivity (Wildman–Crippen MR) is 62.2 cm³/mol. The van der Waals surface area contributed by atoms with Gasteiger partial charge in [0, 0.05) is 18.2 Å². The number of amides is 1. The van der Waals surface area contributed by atoms with Crippen molar-refractivity contribution in [2.45, 2.75) is 18.4 Å². The van der Waals surface area contributed by atoms with E-state index in [2.05, 4.69) is 4.98 Å². The van der Waals surface area contributed by atoms with Crippen molar-refractivity contribution in [2.75, 3.05) is 12.3 Å². The number of anilines is 1. The summed E-state index contributed by atoms with van der Waals surface area (Å²) in [5, 5.41) is 18.0. The van der Waals surface area contributed by atoms with Crippen LogP contribution in [0.2, 0.25) is 0 Å². The third-order valence-electron chi connectivity index (χ3n) is 3.04. The number of carboxylic acids is 1. The summed E-state index contributed by atoms with van der Waals surface area (Å²) in [5.74, 6) is -1.03. The molecule has 2 unspecified atom stereocenters. The molecule has 0 aliphatic carbocycles. The van der Waals surface area contributed by atoms with E-state index in [1.165, 1.54) is 0 Å². The Kier molecular flexibility index (Phi) is 3.05. The number of nitrogens with two attached hydrogens (primary N) is 1. The molecule has 7 heteroatoms. The van der Waals surface area contributed by atoms with Crippen LogP contribution in [-0.4, -0.2) is 44.7 Å². The number of hydrogen-bond donors (Lipinski definition) is 3. The number of likely N-dealkylation sites (tertiary alicyclic amines) is 1. The van der Waals surface area contributed by atoms with Crippen LogP contribution in [0.3, 0.4) is 0 Å². The Labute approximate surface area is 103 Å². The Morgan fingerprint density at radius 3 is 2.61 bits per heavy atom. The van der Waals surface area contributed by atoms with Gasteiger partial charge in [-0.2, -0.15) is 0 Å². The van der Waals surface area contributed by atoms with E-state index in [1.807, 2.05) is 0 Å². The summed E-state index contributed by atoms with van der Waals surface area (Å²) in [5.41, 5.74) is 6.19. The van der Waals surface area contributed by atoms with Crippen LogP contribution in [0.25, 0.3) is 0 Å². The summed E-state index contributed by atoms with van der Waals surface area (Å²) in [6, 6.07) is 4.06. The van der Waals surface area contributed by atoms with Gasteiger partial charge >= 0.3 is 12.1 Å². The lowest BCUT2D eigenvalue weighted by Gasteiger charge is -2.16. The number of nitrogen functional groups attached to an aromatic ring is 1. The van der Waals surface area contributed by atoms with Crippen LogP contribution in [0.5, 0.6) is 0 Å². The third kappa shape index (κ3) is 2.20. The SMILES string of the molecule is Nc1cccc(C2CC(C(=O)O)N(C(=O)O)C2)n1. The minimum absolute atomic E-state index is 0.128. The second-order valence-corrected chi connectivity index (χ2v) is 4.21. The quantitative estimate of drug-likeness (QED) is 0.708. The lowest BCUT2D eigenvalue weighted by molar-refractivity contribution is -0.141. The molecule has 2 heterocycles. The van der Waals surface area contributed by atoms with Crippen LogP contribution in [0, 0.1) is 0 Å². The van der Waals surface area contributed by atoms with E-state index in [0.717, 1.165) is 4.90 Å². The van der Waals surface area contributed by atoms with E-state index in [4.69, 9.17) is 15.9 Å². The number of aromatic nitrogens is 1. The van der Waals surface area contributed by atoms with Crippen molar-refractivity contribution < 1.29 is 19.8 Å². The first-order valence-corrected chi connectivity index (χ1v) is 5.44. The molecular weight excluding hydrogens is 238 g/mol. The van der Waals surface area contributed by atoms with E-state index in [0.29, 0.717) is 11.5 Å². The maximum Gasteiger partial charge on any atom is 0.408 e. The number of rotatable bonds is 2. The molecule has 1 saturated heterocycles. The van der Waals surface area contributed by atoms with Crippen molar-refractivity contribution >= 4 is 17.9 Å². The highest BCUT2D eigenvalue weighted by Gasteiger charge is 2.40. The summed E-state index contributed by atoms with van der Waals surface area (Å²) in [6.45, 7) is 0.128. The summed E-state index contributed by atoms with van der Waals surface area (Å²) in [6.07, 6.45) is -1.01. The van der Waals surface area contributed by atoms with Gasteiger partial charge in [-0.25, -0.2) is 14.6 Å². The molecule has 0 spiro atoms. The lowest BCUT2D eigenvalue weighted by Crippen LogP contribution is -2.39. The molecule has 0 aromatic carbocycles. The van der Waals surface area contributed by atoms with Gasteiger partial charge in [-0.3, -0.25) is 4.90 Å². The molecule has 7 nitrogen and oxygen atoms in total. The molecule has 0 radical (unpaired) electrons. The largest absolute Gasteiger partial charge is 0.480 e. The highest BCUT2D eigenvalue weighted by atomic mass is 16.4. The zero-order valence-electron chi connectivity index (χ0n) is 9.48. The van der Waals surface area contributed by atoms with E-state index in [1.54, 1.807) is 18.2 Å². The Balaban J connectivity index is 2.23. The fourth-order valence-corrected chi connectivity index (χ4v) is 2.19. The standard InChI is InChI=1S/C11H13N3O4/c12-9-3-1-2-7(13-9)6-4-8(10(15)16)14(5-6)11(17)18/h1-3,6,8H,4-5H2,(H2,12,13)(H,15,16)(H,17,18). The van der Waals surface area contributed by atoms with E-state index in [9.17, 15) is 9.59 Å². The number of hydrogen-bond acceptors (Lipinski definition) is 4. The molecule has 1 fully saturated rings. The van der Waals surface area contributed by atoms with Gasteiger partial charge in [-0.15, -0.1) is 0 Å². The number of aliphatic carboxylic acids is 1.